The molecule has 0 heterocycles. The summed E-state index contributed by atoms with van der Waals surface area (Å²) < 4.78 is 36.1. The van der Waals surface area contributed by atoms with E-state index in [1.807, 2.05) is 6.92 Å². The second-order valence-electron chi connectivity index (χ2n) is 3.78. The third kappa shape index (κ3) is 12.2. The van der Waals surface area contributed by atoms with Crippen molar-refractivity contribution in [1.82, 2.24) is 15.5 Å². The van der Waals surface area contributed by atoms with Crippen molar-refractivity contribution in [3.8, 4) is 0 Å². The third-order valence-corrected chi connectivity index (χ3v) is 2.00. The predicted molar refractivity (Wildman–Crippen MR) is 78.6 cm³/mol. The third-order valence-electron chi connectivity index (χ3n) is 2.00. The highest BCUT2D eigenvalue weighted by atomic mass is 127. The molecular weight excluding hydrogens is 360 g/mol. The summed E-state index contributed by atoms with van der Waals surface area (Å²) in [6.07, 6.45) is -3.18. The average Bonchev–Trinajstić information content (AvgIpc) is 2.20. The maximum Gasteiger partial charge on any atom is 0.401 e. The number of rotatable bonds is 6. The van der Waals surface area contributed by atoms with Gasteiger partial charge in [0.15, 0.2) is 5.96 Å². The first-order valence-corrected chi connectivity index (χ1v) is 5.59. The van der Waals surface area contributed by atoms with Crippen molar-refractivity contribution in [1.29, 1.82) is 0 Å². The first-order chi connectivity index (χ1) is 7.89. The van der Waals surface area contributed by atoms with Gasteiger partial charge >= 0.3 is 6.18 Å². The van der Waals surface area contributed by atoms with E-state index in [2.05, 4.69) is 15.6 Å². The topological polar surface area (TPSA) is 39.7 Å². The lowest BCUT2D eigenvalue weighted by atomic mass is 10.5. The van der Waals surface area contributed by atoms with Gasteiger partial charge in [0.05, 0.1) is 6.54 Å². The lowest BCUT2D eigenvalue weighted by Crippen LogP contribution is -2.42. The van der Waals surface area contributed by atoms with Gasteiger partial charge in [-0.1, -0.05) is 6.92 Å². The van der Waals surface area contributed by atoms with Crippen LogP contribution in [0.1, 0.15) is 13.3 Å². The van der Waals surface area contributed by atoms with Crippen molar-refractivity contribution >= 4 is 29.9 Å². The Morgan fingerprint density at radius 1 is 1.22 bits per heavy atom. The summed E-state index contributed by atoms with van der Waals surface area (Å²) >= 11 is 0. The molecule has 0 atom stereocenters. The Labute approximate surface area is 123 Å². The minimum Gasteiger partial charge on any atom is -0.356 e. The Morgan fingerprint density at radius 2 is 1.78 bits per heavy atom. The monoisotopic (exact) mass is 382 g/mol. The second kappa shape index (κ2) is 10.7. The summed E-state index contributed by atoms with van der Waals surface area (Å²) in [5.74, 6) is 0.618. The van der Waals surface area contributed by atoms with E-state index in [0.29, 0.717) is 19.0 Å². The van der Waals surface area contributed by atoms with Crippen LogP contribution in [0.2, 0.25) is 0 Å². The number of hydrogen-bond acceptors (Lipinski definition) is 2. The maximum absolute atomic E-state index is 12.0. The number of halogens is 4. The summed E-state index contributed by atoms with van der Waals surface area (Å²) in [5, 5.41) is 5.99. The molecule has 0 aromatic heterocycles. The van der Waals surface area contributed by atoms with E-state index < -0.39 is 12.7 Å². The number of nitrogens with one attached hydrogen (secondary N) is 2. The van der Waals surface area contributed by atoms with E-state index in [4.69, 9.17) is 0 Å². The fraction of sp³-hybridized carbons (Fsp3) is 0.900. The zero-order valence-electron chi connectivity index (χ0n) is 11.0. The molecule has 0 radical (unpaired) electrons. The highest BCUT2D eigenvalue weighted by molar-refractivity contribution is 14.0. The van der Waals surface area contributed by atoms with E-state index in [0.717, 1.165) is 13.0 Å². The molecule has 18 heavy (non-hydrogen) atoms. The van der Waals surface area contributed by atoms with E-state index in [1.54, 1.807) is 7.05 Å². The van der Waals surface area contributed by atoms with E-state index in [1.165, 1.54) is 11.9 Å². The zero-order valence-corrected chi connectivity index (χ0v) is 13.3. The van der Waals surface area contributed by atoms with Gasteiger partial charge in [0.25, 0.3) is 0 Å². The number of guanidine groups is 1. The summed E-state index contributed by atoms with van der Waals surface area (Å²) in [5.41, 5.74) is 0. The summed E-state index contributed by atoms with van der Waals surface area (Å²) in [4.78, 5) is 5.17. The van der Waals surface area contributed by atoms with Gasteiger partial charge in [-0.3, -0.25) is 9.89 Å². The normalized spacial score (nSPS) is 12.3. The Hall–Kier alpha value is -0.250. The standard InChI is InChI=1S/C10H21F3N4.HI/c1-4-5-15-9(14-2)16-6-7-17(3)8-10(11,12)13;/h4-8H2,1-3H3,(H2,14,15,16);1H. The molecule has 0 aliphatic carbocycles. The van der Waals surface area contributed by atoms with Crippen LogP contribution < -0.4 is 10.6 Å². The molecule has 0 aliphatic heterocycles. The Balaban J connectivity index is 0. The maximum atomic E-state index is 12.0. The molecule has 0 aromatic carbocycles. The van der Waals surface area contributed by atoms with Gasteiger partial charge in [-0.05, 0) is 13.5 Å². The van der Waals surface area contributed by atoms with Gasteiger partial charge < -0.3 is 10.6 Å². The van der Waals surface area contributed by atoms with Crippen LogP contribution in [-0.4, -0.2) is 57.3 Å². The molecular formula is C10H22F3IN4. The smallest absolute Gasteiger partial charge is 0.356 e. The molecule has 0 rings (SSSR count). The Bertz CT molecular complexity index is 234. The molecule has 0 fully saturated rings. The lowest BCUT2D eigenvalue weighted by Gasteiger charge is -2.19. The first-order valence-electron chi connectivity index (χ1n) is 5.59. The first kappa shape index (κ1) is 20.1. The van der Waals surface area contributed by atoms with Crippen LogP contribution >= 0.6 is 24.0 Å². The zero-order chi connectivity index (χ0) is 13.3. The van der Waals surface area contributed by atoms with Crippen LogP contribution in [0.25, 0.3) is 0 Å². The largest absolute Gasteiger partial charge is 0.401 e. The van der Waals surface area contributed by atoms with E-state index >= 15 is 0 Å². The van der Waals surface area contributed by atoms with Gasteiger partial charge in [-0.25, -0.2) is 0 Å². The Kier molecular flexibility index (Phi) is 11.9. The molecule has 110 valence electrons. The Morgan fingerprint density at radius 3 is 2.22 bits per heavy atom. The van der Waals surface area contributed by atoms with Crippen LogP contribution in [0.3, 0.4) is 0 Å². The summed E-state index contributed by atoms with van der Waals surface area (Å²) in [7, 11) is 3.07. The molecule has 0 aromatic rings. The number of likely N-dealkylation sites (N-methyl/N-ethyl adjacent to an activating group) is 1. The van der Waals surface area contributed by atoms with Crippen LogP contribution in [-0.2, 0) is 0 Å². The molecule has 4 nitrogen and oxygen atoms in total. The van der Waals surface area contributed by atoms with Gasteiger partial charge in [-0.15, -0.1) is 24.0 Å². The van der Waals surface area contributed by atoms with Gasteiger partial charge in [0.2, 0.25) is 0 Å². The minimum atomic E-state index is -4.14. The van der Waals surface area contributed by atoms with Gasteiger partial charge in [-0.2, -0.15) is 13.2 Å². The molecule has 0 saturated heterocycles. The molecule has 0 unspecified atom stereocenters. The molecule has 0 spiro atoms. The quantitative estimate of drug-likeness (QED) is 0.417. The van der Waals surface area contributed by atoms with Gasteiger partial charge in [0, 0.05) is 26.7 Å². The lowest BCUT2D eigenvalue weighted by molar-refractivity contribution is -0.142. The summed E-state index contributed by atoms with van der Waals surface area (Å²) in [6.45, 7) is 2.66. The van der Waals surface area contributed by atoms with Crippen molar-refractivity contribution in [2.75, 3.05) is 40.3 Å². The van der Waals surface area contributed by atoms with Crippen molar-refractivity contribution in [3.63, 3.8) is 0 Å². The predicted octanol–water partition coefficient (Wildman–Crippen LogP) is 1.67. The highest BCUT2D eigenvalue weighted by Crippen LogP contribution is 2.14. The fourth-order valence-corrected chi connectivity index (χ4v) is 1.21. The molecule has 0 amide bonds. The SMILES string of the molecule is CCCNC(=NC)NCCN(C)CC(F)(F)F.I. The number of nitrogens with zero attached hydrogens (tertiary/aromatic N) is 2. The van der Waals surface area contributed by atoms with Crippen LogP contribution in [0.15, 0.2) is 4.99 Å². The average molecular weight is 382 g/mol. The fourth-order valence-electron chi connectivity index (χ4n) is 1.21. The molecule has 0 aliphatic rings. The molecule has 8 heteroatoms. The molecule has 0 bridgehead atoms. The van der Waals surface area contributed by atoms with Crippen molar-refractivity contribution < 1.29 is 13.2 Å². The van der Waals surface area contributed by atoms with Crippen molar-refractivity contribution in [2.24, 2.45) is 4.99 Å². The molecule has 0 saturated carbocycles. The van der Waals surface area contributed by atoms with E-state index in [-0.39, 0.29) is 24.0 Å². The number of hydrogen-bond donors (Lipinski definition) is 2. The number of aliphatic imine (C=N–C) groups is 1. The van der Waals surface area contributed by atoms with Crippen molar-refractivity contribution in [2.45, 2.75) is 19.5 Å². The molecule has 2 N–H and O–H groups in total. The summed E-state index contributed by atoms with van der Waals surface area (Å²) in [6, 6.07) is 0. The van der Waals surface area contributed by atoms with E-state index in [9.17, 15) is 13.2 Å². The van der Waals surface area contributed by atoms with Crippen LogP contribution in [0.5, 0.6) is 0 Å². The highest BCUT2D eigenvalue weighted by Gasteiger charge is 2.28. The van der Waals surface area contributed by atoms with Crippen LogP contribution in [0, 0.1) is 0 Å². The second-order valence-corrected chi connectivity index (χ2v) is 3.78. The van der Waals surface area contributed by atoms with Gasteiger partial charge in [0.1, 0.15) is 0 Å². The van der Waals surface area contributed by atoms with Crippen LogP contribution in [0.4, 0.5) is 13.2 Å². The number of alkyl halides is 3. The minimum absolute atomic E-state index is 0. The van der Waals surface area contributed by atoms with Crippen molar-refractivity contribution in [3.05, 3.63) is 0 Å².